The van der Waals surface area contributed by atoms with Crippen molar-refractivity contribution in [1.29, 1.82) is 0 Å². The molecule has 0 unspecified atom stereocenters. The highest BCUT2D eigenvalue weighted by Crippen LogP contribution is 2.49. The van der Waals surface area contributed by atoms with Crippen LogP contribution < -0.4 is 42.0 Å². The van der Waals surface area contributed by atoms with Crippen molar-refractivity contribution in [2.75, 3.05) is 45.1 Å². The fourth-order valence-electron chi connectivity index (χ4n) is 10.5. The number of methoxy groups -OCH3 is 2. The van der Waals surface area contributed by atoms with Gasteiger partial charge in [-0.3, -0.25) is 39.0 Å². The number of anilines is 2. The highest BCUT2D eigenvalue weighted by atomic mass is 35.5. The van der Waals surface area contributed by atoms with Crippen molar-refractivity contribution in [1.82, 2.24) is 31.2 Å². The number of aliphatic hydroxyl groups is 1. The largest absolute Gasteiger partial charge is 0.495 e. The normalized spacial score (nSPS) is 23.6. The number of esters is 1. The number of carbonyl (C=O) groups excluding carboxylic acids is 11. The van der Waals surface area contributed by atoms with Gasteiger partial charge in [-0.1, -0.05) is 68.3 Å². The maximum atomic E-state index is 14.4. The van der Waals surface area contributed by atoms with Gasteiger partial charge in [0.15, 0.2) is 5.72 Å². The van der Waals surface area contributed by atoms with Crippen LogP contribution in [-0.2, 0) is 79.9 Å². The molecule has 6 rings (SSSR count). The number of hydroxylamine groups is 2. The summed E-state index contributed by atoms with van der Waals surface area (Å²) in [4.78, 5) is 150. The quantitative estimate of drug-likeness (QED) is 0.0265. The summed E-state index contributed by atoms with van der Waals surface area (Å²) >= 11 is 6.83. The number of hydrogen-bond acceptors (Lipinski definition) is 19. The fourth-order valence-corrected chi connectivity index (χ4v) is 10.8. The molecule has 0 radical (unpaired) electrons. The van der Waals surface area contributed by atoms with Gasteiger partial charge in [0.1, 0.15) is 59.4 Å². The molecule has 10 amide bonds. The Morgan fingerprint density at radius 1 is 0.944 bits per heavy atom. The molecule has 4 aliphatic rings. The molecule has 2 aromatic rings. The average molecular weight is 1280 g/mol. The van der Waals surface area contributed by atoms with E-state index >= 15 is 0 Å². The number of hydrogen-bond donors (Lipinski definition) is 7. The second-order valence-corrected chi connectivity index (χ2v) is 23.7. The van der Waals surface area contributed by atoms with E-state index in [-0.39, 0.29) is 81.6 Å². The average Bonchev–Trinajstić information content (AvgIpc) is 1.57. The zero-order chi connectivity index (χ0) is 66.4. The number of ether oxygens (including phenoxy) is 6. The third-order valence-electron chi connectivity index (χ3n) is 16.1. The number of benzene rings is 2. The van der Waals surface area contributed by atoms with Crippen molar-refractivity contribution >= 4 is 88.6 Å². The topological polar surface area (TPSA) is 372 Å². The first-order chi connectivity index (χ1) is 42.5. The number of likely N-dealkylation sites (N-methyl/N-ethyl adjacent to an activating group) is 1. The lowest BCUT2D eigenvalue weighted by Gasteiger charge is -2.42. The molecule has 29 heteroatoms. The standard InChI is InChI=1S/C61H82ClN9O19/c1-33(2)52(67-46(72)18-11-12-19-50(76)90-71-47(73)24-25-48(71)74)55(78)66-40(16-14-26-64-57(63)80)54(77)65-39-22-20-37(21-23-39)32-86-59(82)69(7)36(5)56(79)88-45-30-49(75)70(8)41-28-38(29-42(84-9)51(41)62)27-34(3)15-13-17-44(85-10)61(83)31-43(87-58(81)68-61)35(4)53-60(45,6)89-53/h13,15,17,20-23,28-29,33,35-36,40,43-45,52-53,83H,11-12,14,16,18-19,24-27,30-32H2,1-10H3,(H,65,77)(H,66,78)(H,67,72)(H,68,81)(H3,63,64,80)/t35-,36+,40+,43+,44-,45+,52+,53+,60+,61+/m1/s1. The number of nitrogens with two attached hydrogens (primary N) is 1. The second-order valence-electron chi connectivity index (χ2n) is 23.3. The van der Waals surface area contributed by atoms with Gasteiger partial charge in [-0.15, -0.1) is 5.06 Å². The van der Waals surface area contributed by atoms with Crippen LogP contribution in [0.2, 0.25) is 5.02 Å². The van der Waals surface area contributed by atoms with Gasteiger partial charge in [0.05, 0.1) is 25.3 Å². The number of carbonyl (C=O) groups is 11. The van der Waals surface area contributed by atoms with E-state index in [0.717, 1.165) is 16.0 Å². The Morgan fingerprint density at radius 2 is 1.62 bits per heavy atom. The number of fused-ring (bicyclic) bond motifs is 5. The second kappa shape index (κ2) is 31.4. The molecule has 28 nitrogen and oxygen atoms in total. The van der Waals surface area contributed by atoms with E-state index in [1.54, 1.807) is 64.1 Å². The van der Waals surface area contributed by atoms with E-state index < -0.39 is 138 Å². The number of alkyl carbamates (subject to hydrolysis) is 1. The van der Waals surface area contributed by atoms with E-state index in [4.69, 9.17) is 50.6 Å². The van der Waals surface area contributed by atoms with Crippen molar-refractivity contribution in [3.8, 4) is 5.75 Å². The predicted molar refractivity (Wildman–Crippen MR) is 322 cm³/mol. The summed E-state index contributed by atoms with van der Waals surface area (Å²) in [5.41, 5.74) is 4.60. The highest BCUT2D eigenvalue weighted by Gasteiger charge is 2.64. The Labute approximate surface area is 526 Å². The minimum Gasteiger partial charge on any atom is -0.495 e. The third kappa shape index (κ3) is 18.6. The summed E-state index contributed by atoms with van der Waals surface area (Å²) in [7, 11) is 5.68. The molecule has 2 aromatic carbocycles. The number of nitrogens with zero attached hydrogens (tertiary/aromatic N) is 3. The number of rotatable bonds is 23. The summed E-state index contributed by atoms with van der Waals surface area (Å²) in [6.45, 7) is 9.84. The van der Waals surface area contributed by atoms with Crippen LogP contribution in [0.15, 0.2) is 60.2 Å². The van der Waals surface area contributed by atoms with E-state index in [9.17, 15) is 57.8 Å². The molecule has 3 saturated heterocycles. The zero-order valence-electron chi connectivity index (χ0n) is 52.2. The SMILES string of the molecule is COc1cc2cc(c1Cl)N(C)C(=O)C[C@H](OC(=O)[C@H](C)N(C)C(=O)OCc1ccc(NC(=O)[C@H](CCCNC(N)=O)NC(=O)[C@@H](NC(=O)CCCCC(=O)ON3C(=O)CCC3=O)C(C)C)cc1)[C@]1(C)O[C@H]1[C@H](C)[C@@H]1C[C@@](O)(NC(=O)O1)[C@H](OC)C=CC=C(C)C2. The summed E-state index contributed by atoms with van der Waals surface area (Å²) in [5.74, 6) is -6.11. The first-order valence-electron chi connectivity index (χ1n) is 29.6. The van der Waals surface area contributed by atoms with Gasteiger partial charge in [0.2, 0.25) is 23.6 Å². The fraction of sp³-hybridized carbons (Fsp3) is 0.557. The van der Waals surface area contributed by atoms with Crippen LogP contribution in [-0.4, -0.2) is 169 Å². The maximum Gasteiger partial charge on any atom is 0.410 e. The van der Waals surface area contributed by atoms with Crippen molar-refractivity contribution in [3.63, 3.8) is 0 Å². The maximum absolute atomic E-state index is 14.4. The summed E-state index contributed by atoms with van der Waals surface area (Å²) in [6, 6.07) is 5.31. The van der Waals surface area contributed by atoms with Crippen molar-refractivity contribution in [3.05, 3.63) is 76.3 Å². The molecular weight excluding hydrogens is 1200 g/mol. The molecule has 3 fully saturated rings. The van der Waals surface area contributed by atoms with Crippen LogP contribution in [0.1, 0.15) is 117 Å². The summed E-state index contributed by atoms with van der Waals surface area (Å²) in [6.07, 6.45) is -0.675. The number of primary amides is 1. The Kier molecular flexibility index (Phi) is 24.7. The summed E-state index contributed by atoms with van der Waals surface area (Å²) in [5, 5.41) is 25.5. The molecule has 0 spiro atoms. The molecule has 0 aliphatic carbocycles. The minimum atomic E-state index is -1.92. The van der Waals surface area contributed by atoms with Gasteiger partial charge in [-0.05, 0) is 94.2 Å². The highest BCUT2D eigenvalue weighted by molar-refractivity contribution is 6.35. The lowest BCUT2D eigenvalue weighted by molar-refractivity contribution is -0.197. The number of amides is 10. The van der Waals surface area contributed by atoms with Crippen molar-refractivity contribution in [2.45, 2.75) is 173 Å². The van der Waals surface area contributed by atoms with Crippen LogP contribution in [0.25, 0.3) is 0 Å². The Bertz CT molecular complexity index is 3070. The van der Waals surface area contributed by atoms with E-state index in [1.807, 2.05) is 13.0 Å². The van der Waals surface area contributed by atoms with E-state index in [1.165, 1.54) is 52.3 Å². The number of halogens is 1. The summed E-state index contributed by atoms with van der Waals surface area (Å²) < 4.78 is 35.0. The van der Waals surface area contributed by atoms with Gasteiger partial charge in [-0.25, -0.2) is 24.0 Å². The molecule has 0 saturated carbocycles. The van der Waals surface area contributed by atoms with Gasteiger partial charge < -0.3 is 70.3 Å². The van der Waals surface area contributed by atoms with Crippen LogP contribution in [0.3, 0.4) is 0 Å². The Morgan fingerprint density at radius 3 is 2.27 bits per heavy atom. The third-order valence-corrected chi connectivity index (χ3v) is 16.5. The minimum absolute atomic E-state index is 0.0353. The molecular formula is C61H82ClN9O19. The lowest BCUT2D eigenvalue weighted by Crippen LogP contribution is -2.63. The van der Waals surface area contributed by atoms with Gasteiger partial charge >= 0.3 is 30.2 Å². The molecule has 0 aromatic heterocycles. The molecule has 8 N–H and O–H groups in total. The van der Waals surface area contributed by atoms with Crippen molar-refractivity contribution < 1.29 is 91.1 Å². The van der Waals surface area contributed by atoms with E-state index in [0.29, 0.717) is 28.5 Å². The van der Waals surface area contributed by atoms with Gasteiger partial charge in [0.25, 0.3) is 11.8 Å². The van der Waals surface area contributed by atoms with Crippen LogP contribution in [0.4, 0.5) is 25.8 Å². The molecule has 10 atom stereocenters. The molecule has 90 heavy (non-hydrogen) atoms. The zero-order valence-corrected chi connectivity index (χ0v) is 52.9. The van der Waals surface area contributed by atoms with E-state index in [2.05, 4.69) is 26.6 Å². The first kappa shape index (κ1) is 70.7. The number of urea groups is 1. The van der Waals surface area contributed by atoms with Gasteiger partial charge in [-0.2, -0.15) is 0 Å². The number of unbranched alkanes of at least 4 members (excludes halogenated alkanes) is 1. The van der Waals surface area contributed by atoms with Gasteiger partial charge in [0, 0.05) is 71.5 Å². The van der Waals surface area contributed by atoms with Crippen LogP contribution >= 0.6 is 11.6 Å². The number of nitrogens with one attached hydrogen (secondary N) is 5. The van der Waals surface area contributed by atoms with Crippen LogP contribution in [0, 0.1) is 11.8 Å². The number of allylic oxidation sites excluding steroid dienone is 3. The number of epoxide rings is 1. The smallest absolute Gasteiger partial charge is 0.410 e. The lowest BCUT2D eigenvalue weighted by atomic mass is 9.83. The molecule has 492 valence electrons. The molecule has 4 bridgehead atoms. The van der Waals surface area contributed by atoms with Crippen molar-refractivity contribution in [2.24, 2.45) is 17.6 Å². The first-order valence-corrected chi connectivity index (χ1v) is 29.9. The molecule has 4 heterocycles. The predicted octanol–water partition coefficient (Wildman–Crippen LogP) is 4.50. The number of imide groups is 1. The Balaban J connectivity index is 1.08. The monoisotopic (exact) mass is 1280 g/mol. The molecule has 4 aliphatic heterocycles. The Hall–Kier alpha value is -8.34. The van der Waals surface area contributed by atoms with Crippen LogP contribution in [0.5, 0.6) is 5.75 Å².